The van der Waals surface area contributed by atoms with Crippen LogP contribution in [-0.4, -0.2) is 14.7 Å². The SMILES string of the molecule is Cc1ccccc1-c1noc(-c2cc(C#N)c3c(ccn3C)c2)n1. The van der Waals surface area contributed by atoms with Crippen molar-refractivity contribution in [2.75, 3.05) is 0 Å². The van der Waals surface area contributed by atoms with Crippen LogP contribution in [0, 0.1) is 18.3 Å². The Morgan fingerprint density at radius 3 is 2.79 bits per heavy atom. The largest absolute Gasteiger partial charge is 0.349 e. The molecule has 0 aliphatic carbocycles. The second kappa shape index (κ2) is 5.36. The summed E-state index contributed by atoms with van der Waals surface area (Å²) in [5.41, 5.74) is 4.26. The van der Waals surface area contributed by atoms with Gasteiger partial charge in [0.2, 0.25) is 5.82 Å². The van der Waals surface area contributed by atoms with Gasteiger partial charge in [-0.2, -0.15) is 10.2 Å². The lowest BCUT2D eigenvalue weighted by atomic mass is 10.1. The van der Waals surface area contributed by atoms with Gasteiger partial charge in [0.1, 0.15) is 6.07 Å². The second-order valence-electron chi connectivity index (χ2n) is 5.74. The molecule has 0 unspecified atom stereocenters. The van der Waals surface area contributed by atoms with Gasteiger partial charge in [0, 0.05) is 29.8 Å². The van der Waals surface area contributed by atoms with E-state index in [1.165, 1.54) is 0 Å². The Morgan fingerprint density at radius 2 is 2.00 bits per heavy atom. The number of fused-ring (bicyclic) bond motifs is 1. The van der Waals surface area contributed by atoms with E-state index in [1.54, 1.807) is 6.07 Å². The maximum atomic E-state index is 9.44. The van der Waals surface area contributed by atoms with Crippen molar-refractivity contribution in [2.45, 2.75) is 6.92 Å². The van der Waals surface area contributed by atoms with Crippen LogP contribution in [0.5, 0.6) is 0 Å². The van der Waals surface area contributed by atoms with Crippen molar-refractivity contribution in [3.05, 3.63) is 59.8 Å². The fourth-order valence-corrected chi connectivity index (χ4v) is 2.93. The fraction of sp³-hybridized carbons (Fsp3) is 0.105. The Kier molecular flexibility index (Phi) is 3.17. The molecule has 0 radical (unpaired) electrons. The minimum atomic E-state index is 0.413. The molecular formula is C19H14N4O. The average molecular weight is 314 g/mol. The van der Waals surface area contributed by atoms with Gasteiger partial charge in [0.15, 0.2) is 0 Å². The van der Waals surface area contributed by atoms with Crippen molar-refractivity contribution < 1.29 is 4.52 Å². The molecule has 0 aliphatic rings. The minimum Gasteiger partial charge on any atom is -0.349 e. The van der Waals surface area contributed by atoms with E-state index in [0.717, 1.165) is 27.6 Å². The summed E-state index contributed by atoms with van der Waals surface area (Å²) in [6.07, 6.45) is 1.93. The third-order valence-electron chi connectivity index (χ3n) is 4.15. The molecule has 24 heavy (non-hydrogen) atoms. The molecule has 0 aliphatic heterocycles. The maximum Gasteiger partial charge on any atom is 0.258 e. The minimum absolute atomic E-state index is 0.413. The van der Waals surface area contributed by atoms with Crippen LogP contribution in [0.4, 0.5) is 0 Å². The Labute approximate surface area is 138 Å². The monoisotopic (exact) mass is 314 g/mol. The highest BCUT2D eigenvalue weighted by molar-refractivity contribution is 5.89. The third kappa shape index (κ3) is 2.17. The number of nitriles is 1. The van der Waals surface area contributed by atoms with Gasteiger partial charge in [-0.15, -0.1) is 0 Å². The van der Waals surface area contributed by atoms with Crippen molar-refractivity contribution in [3.8, 4) is 28.9 Å². The molecule has 0 amide bonds. The lowest BCUT2D eigenvalue weighted by Gasteiger charge is -2.01. The summed E-state index contributed by atoms with van der Waals surface area (Å²) < 4.78 is 7.37. The highest BCUT2D eigenvalue weighted by Crippen LogP contribution is 2.29. The third-order valence-corrected chi connectivity index (χ3v) is 4.15. The smallest absolute Gasteiger partial charge is 0.258 e. The molecular weight excluding hydrogens is 300 g/mol. The van der Waals surface area contributed by atoms with Crippen molar-refractivity contribution in [1.82, 2.24) is 14.7 Å². The van der Waals surface area contributed by atoms with Gasteiger partial charge in [-0.1, -0.05) is 29.4 Å². The Balaban J connectivity index is 1.85. The predicted octanol–water partition coefficient (Wildman–Crippen LogP) is 4.08. The molecule has 4 rings (SSSR count). The van der Waals surface area contributed by atoms with E-state index in [9.17, 15) is 5.26 Å². The van der Waals surface area contributed by atoms with E-state index < -0.39 is 0 Å². The fourth-order valence-electron chi connectivity index (χ4n) is 2.93. The van der Waals surface area contributed by atoms with Gasteiger partial charge >= 0.3 is 0 Å². The van der Waals surface area contributed by atoms with Gasteiger partial charge in [-0.3, -0.25) is 0 Å². The van der Waals surface area contributed by atoms with Crippen LogP contribution in [0.1, 0.15) is 11.1 Å². The van der Waals surface area contributed by atoms with E-state index in [2.05, 4.69) is 16.2 Å². The Hall–Kier alpha value is -3.39. The number of benzene rings is 2. The first-order chi connectivity index (χ1) is 11.7. The number of aromatic nitrogens is 3. The Bertz CT molecular complexity index is 1100. The first kappa shape index (κ1) is 14.2. The Morgan fingerprint density at radius 1 is 1.17 bits per heavy atom. The van der Waals surface area contributed by atoms with Gasteiger partial charge in [-0.25, -0.2) is 0 Å². The van der Waals surface area contributed by atoms with Crippen molar-refractivity contribution in [1.29, 1.82) is 5.26 Å². The zero-order chi connectivity index (χ0) is 16.7. The van der Waals surface area contributed by atoms with Crippen LogP contribution in [0.15, 0.2) is 53.2 Å². The molecule has 0 saturated heterocycles. The summed E-state index contributed by atoms with van der Waals surface area (Å²) in [4.78, 5) is 4.51. The molecule has 4 aromatic rings. The lowest BCUT2D eigenvalue weighted by molar-refractivity contribution is 0.432. The van der Waals surface area contributed by atoms with Crippen LogP contribution in [0.3, 0.4) is 0 Å². The van der Waals surface area contributed by atoms with Crippen LogP contribution >= 0.6 is 0 Å². The van der Waals surface area contributed by atoms with E-state index in [0.29, 0.717) is 17.3 Å². The number of hydrogen-bond acceptors (Lipinski definition) is 4. The van der Waals surface area contributed by atoms with Crippen LogP contribution in [0.25, 0.3) is 33.7 Å². The summed E-state index contributed by atoms with van der Waals surface area (Å²) in [5.74, 6) is 0.963. The molecule has 0 bridgehead atoms. The zero-order valence-corrected chi connectivity index (χ0v) is 13.3. The van der Waals surface area contributed by atoms with Gasteiger partial charge in [-0.05, 0) is 30.7 Å². The van der Waals surface area contributed by atoms with Gasteiger partial charge < -0.3 is 9.09 Å². The number of rotatable bonds is 2. The quantitative estimate of drug-likeness (QED) is 0.559. The van der Waals surface area contributed by atoms with E-state index in [1.807, 2.05) is 61.1 Å². The summed E-state index contributed by atoms with van der Waals surface area (Å²) >= 11 is 0. The number of aryl methyl sites for hydroxylation is 2. The maximum absolute atomic E-state index is 9.44. The molecule has 5 heteroatoms. The molecule has 2 heterocycles. The topological polar surface area (TPSA) is 67.6 Å². The molecule has 0 atom stereocenters. The van der Waals surface area contributed by atoms with Crippen molar-refractivity contribution in [2.24, 2.45) is 7.05 Å². The molecule has 0 N–H and O–H groups in total. The lowest BCUT2D eigenvalue weighted by Crippen LogP contribution is -1.90. The van der Waals surface area contributed by atoms with Crippen molar-refractivity contribution in [3.63, 3.8) is 0 Å². The first-order valence-corrected chi connectivity index (χ1v) is 7.56. The second-order valence-corrected chi connectivity index (χ2v) is 5.74. The number of nitrogens with zero attached hydrogens (tertiary/aromatic N) is 4. The van der Waals surface area contributed by atoms with Gasteiger partial charge in [0.05, 0.1) is 11.1 Å². The van der Waals surface area contributed by atoms with Crippen LogP contribution in [0.2, 0.25) is 0 Å². The van der Waals surface area contributed by atoms with E-state index in [-0.39, 0.29) is 0 Å². The average Bonchev–Trinajstić information content (AvgIpc) is 3.22. The molecule has 0 saturated carbocycles. The summed E-state index contributed by atoms with van der Waals surface area (Å²) in [6.45, 7) is 2.01. The highest BCUT2D eigenvalue weighted by Gasteiger charge is 2.15. The molecule has 0 fully saturated rings. The normalized spacial score (nSPS) is 10.9. The van der Waals surface area contributed by atoms with Gasteiger partial charge in [0.25, 0.3) is 5.89 Å². The van der Waals surface area contributed by atoms with Crippen LogP contribution in [-0.2, 0) is 7.05 Å². The van der Waals surface area contributed by atoms with Crippen LogP contribution < -0.4 is 0 Å². The first-order valence-electron chi connectivity index (χ1n) is 7.56. The van der Waals surface area contributed by atoms with E-state index in [4.69, 9.17) is 4.52 Å². The molecule has 2 aromatic carbocycles. The number of hydrogen-bond donors (Lipinski definition) is 0. The zero-order valence-electron chi connectivity index (χ0n) is 13.3. The standard InChI is InChI=1S/C19H14N4O/c1-12-5-3-4-6-16(12)18-21-19(24-22-18)14-9-13-7-8-23(2)17(13)15(10-14)11-20/h3-10H,1-2H3. The summed E-state index contributed by atoms with van der Waals surface area (Å²) in [7, 11) is 1.92. The molecule has 2 aromatic heterocycles. The molecule has 0 spiro atoms. The highest BCUT2D eigenvalue weighted by atomic mass is 16.5. The van der Waals surface area contributed by atoms with E-state index >= 15 is 0 Å². The predicted molar refractivity (Wildman–Crippen MR) is 91.1 cm³/mol. The summed E-state index contributed by atoms with van der Waals surface area (Å²) in [5, 5.41) is 14.5. The summed E-state index contributed by atoms with van der Waals surface area (Å²) in [6, 6.07) is 15.9. The molecule has 5 nitrogen and oxygen atoms in total. The molecule has 116 valence electrons. The van der Waals surface area contributed by atoms with Crippen molar-refractivity contribution >= 4 is 10.9 Å².